The molecule has 2 aromatic carbocycles. The Kier molecular flexibility index (Phi) is 4.40. The quantitative estimate of drug-likeness (QED) is 0.633. The second-order valence-electron chi connectivity index (χ2n) is 6.21. The van der Waals surface area contributed by atoms with E-state index in [-0.39, 0.29) is 18.0 Å². The molecule has 134 valence electrons. The van der Waals surface area contributed by atoms with Gasteiger partial charge in [-0.2, -0.15) is 0 Å². The molecule has 0 saturated heterocycles. The Labute approximate surface area is 157 Å². The van der Waals surface area contributed by atoms with Crippen LogP contribution in [0.4, 0.5) is 4.39 Å². The van der Waals surface area contributed by atoms with E-state index in [0.717, 1.165) is 15.8 Å². The zero-order chi connectivity index (χ0) is 18.3. The summed E-state index contributed by atoms with van der Waals surface area (Å²) in [5.74, 6) is 1.02. The third-order valence-corrected chi connectivity index (χ3v) is 4.79. The van der Waals surface area contributed by atoms with Gasteiger partial charge in [-0.05, 0) is 35.9 Å². The van der Waals surface area contributed by atoms with E-state index in [4.69, 9.17) is 9.47 Å². The Bertz CT molecular complexity index is 1020. The van der Waals surface area contributed by atoms with Crippen LogP contribution < -0.4 is 15.0 Å². The van der Waals surface area contributed by atoms with E-state index in [0.29, 0.717) is 17.2 Å². The highest BCUT2D eigenvalue weighted by Crippen LogP contribution is 2.33. The summed E-state index contributed by atoms with van der Waals surface area (Å²) in [7, 11) is 1.60. The third kappa shape index (κ3) is 3.31. The Morgan fingerprint density at radius 2 is 1.96 bits per heavy atom. The molecule has 0 spiro atoms. The van der Waals surface area contributed by atoms with E-state index < -0.39 is 12.3 Å². The molecule has 7 heteroatoms. The van der Waals surface area contributed by atoms with Crippen molar-refractivity contribution in [1.29, 1.82) is 0 Å². The fourth-order valence-corrected chi connectivity index (χ4v) is 3.10. The molecule has 1 heterocycles. The van der Waals surface area contributed by atoms with E-state index in [1.54, 1.807) is 25.3 Å². The van der Waals surface area contributed by atoms with Crippen molar-refractivity contribution in [1.82, 2.24) is 9.78 Å². The van der Waals surface area contributed by atoms with Gasteiger partial charge in [0.1, 0.15) is 18.0 Å². The Hall–Kier alpha value is -2.41. The predicted octanol–water partition coefficient (Wildman–Crippen LogP) is 3.71. The number of nitrogens with zero attached hydrogens (tertiary/aromatic N) is 2. The number of aromatic nitrogens is 2. The van der Waals surface area contributed by atoms with Crippen LogP contribution in [0.15, 0.2) is 51.7 Å². The summed E-state index contributed by atoms with van der Waals surface area (Å²) < 4.78 is 26.3. The molecule has 4 rings (SSSR count). The normalized spacial score (nSPS) is 18.7. The molecule has 0 aliphatic heterocycles. The molecule has 0 radical (unpaired) electrons. The van der Waals surface area contributed by atoms with Gasteiger partial charge in [-0.3, -0.25) is 4.79 Å². The third-order valence-electron chi connectivity index (χ3n) is 4.30. The summed E-state index contributed by atoms with van der Waals surface area (Å²) in [5, 5.41) is 5.42. The fraction of sp³-hybridized carbons (Fsp3) is 0.263. The van der Waals surface area contributed by atoms with Crippen LogP contribution in [0, 0.1) is 0 Å². The molecule has 1 aliphatic rings. The van der Waals surface area contributed by atoms with Gasteiger partial charge in [-0.1, -0.05) is 28.1 Å². The van der Waals surface area contributed by atoms with Crippen molar-refractivity contribution in [3.8, 4) is 11.6 Å². The number of methoxy groups -OCH3 is 1. The van der Waals surface area contributed by atoms with Crippen LogP contribution in [0.25, 0.3) is 10.8 Å². The first-order chi connectivity index (χ1) is 12.5. The van der Waals surface area contributed by atoms with Crippen LogP contribution in [0.3, 0.4) is 0 Å². The monoisotopic (exact) mass is 418 g/mol. The van der Waals surface area contributed by atoms with Crippen LogP contribution >= 0.6 is 15.9 Å². The molecule has 3 aromatic rings. The summed E-state index contributed by atoms with van der Waals surface area (Å²) in [6.45, 7) is 0.287. The standard InChI is InChI=1S/C19H16BrFN2O3/c1-25-13-5-2-11(3-6-13)10-23-19(24)14-7-4-12(20)8-15(14)18(22-23)26-17-9-16(17)21/h2-8,16-17H,9-10H2,1H3/t16-,17-/m0/s1. The summed E-state index contributed by atoms with van der Waals surface area (Å²) in [5.41, 5.74) is 0.681. The molecule has 1 aliphatic carbocycles. The minimum absolute atomic E-state index is 0.219. The lowest BCUT2D eigenvalue weighted by Crippen LogP contribution is -2.25. The van der Waals surface area contributed by atoms with Crippen molar-refractivity contribution in [2.45, 2.75) is 25.2 Å². The maximum Gasteiger partial charge on any atom is 0.275 e. The number of halogens is 2. The number of rotatable bonds is 5. The highest BCUT2D eigenvalue weighted by atomic mass is 79.9. The van der Waals surface area contributed by atoms with Gasteiger partial charge >= 0.3 is 0 Å². The van der Waals surface area contributed by atoms with Crippen LogP contribution in [0.2, 0.25) is 0 Å². The summed E-state index contributed by atoms with van der Waals surface area (Å²) in [4.78, 5) is 12.8. The average Bonchev–Trinajstić information content (AvgIpc) is 3.34. The Morgan fingerprint density at radius 1 is 1.23 bits per heavy atom. The van der Waals surface area contributed by atoms with E-state index >= 15 is 0 Å². The topological polar surface area (TPSA) is 53.4 Å². The highest BCUT2D eigenvalue weighted by Gasteiger charge is 2.41. The van der Waals surface area contributed by atoms with Crippen LogP contribution in [0.5, 0.6) is 11.6 Å². The number of ether oxygens (including phenoxy) is 2. The van der Waals surface area contributed by atoms with Gasteiger partial charge in [0.05, 0.1) is 24.4 Å². The largest absolute Gasteiger partial charge is 0.497 e. The van der Waals surface area contributed by atoms with Gasteiger partial charge in [0.25, 0.3) is 5.56 Å². The van der Waals surface area contributed by atoms with Crippen molar-refractivity contribution in [2.24, 2.45) is 0 Å². The second kappa shape index (κ2) is 6.72. The van der Waals surface area contributed by atoms with Crippen LogP contribution in [0.1, 0.15) is 12.0 Å². The maximum absolute atomic E-state index is 13.3. The molecule has 1 saturated carbocycles. The maximum atomic E-state index is 13.3. The zero-order valence-corrected chi connectivity index (χ0v) is 15.6. The highest BCUT2D eigenvalue weighted by molar-refractivity contribution is 9.10. The average molecular weight is 419 g/mol. The fourth-order valence-electron chi connectivity index (χ4n) is 2.73. The molecule has 5 nitrogen and oxygen atoms in total. The van der Waals surface area contributed by atoms with Gasteiger partial charge < -0.3 is 9.47 Å². The summed E-state index contributed by atoms with van der Waals surface area (Å²) in [6, 6.07) is 12.7. The minimum atomic E-state index is -0.971. The van der Waals surface area contributed by atoms with Gasteiger partial charge in [0.2, 0.25) is 5.88 Å². The van der Waals surface area contributed by atoms with Crippen molar-refractivity contribution >= 4 is 26.7 Å². The number of fused-ring (bicyclic) bond motifs is 1. The van der Waals surface area contributed by atoms with E-state index in [1.807, 2.05) is 24.3 Å². The second-order valence-corrected chi connectivity index (χ2v) is 7.13. The van der Waals surface area contributed by atoms with Crippen LogP contribution in [-0.4, -0.2) is 29.2 Å². The molecule has 26 heavy (non-hydrogen) atoms. The number of alkyl halides is 1. The lowest BCUT2D eigenvalue weighted by atomic mass is 10.2. The zero-order valence-electron chi connectivity index (χ0n) is 14.0. The van der Waals surface area contributed by atoms with Gasteiger partial charge in [-0.25, -0.2) is 9.07 Å². The van der Waals surface area contributed by atoms with Crippen LogP contribution in [-0.2, 0) is 6.54 Å². The van der Waals surface area contributed by atoms with Gasteiger partial charge in [0.15, 0.2) is 0 Å². The molecule has 1 fully saturated rings. The molecular weight excluding hydrogens is 403 g/mol. The first-order valence-corrected chi connectivity index (χ1v) is 8.98. The smallest absolute Gasteiger partial charge is 0.275 e. The predicted molar refractivity (Wildman–Crippen MR) is 99.7 cm³/mol. The van der Waals surface area contributed by atoms with E-state index in [9.17, 15) is 9.18 Å². The molecular formula is C19H16BrFN2O3. The molecule has 0 unspecified atom stereocenters. The first-order valence-electron chi connectivity index (χ1n) is 8.19. The number of hydrogen-bond donors (Lipinski definition) is 0. The van der Waals surface area contributed by atoms with Crippen molar-refractivity contribution in [3.05, 3.63) is 62.9 Å². The molecule has 0 N–H and O–H groups in total. The summed E-state index contributed by atoms with van der Waals surface area (Å²) >= 11 is 3.39. The Balaban J connectivity index is 1.76. The minimum Gasteiger partial charge on any atom is -0.497 e. The number of benzene rings is 2. The molecule has 0 bridgehead atoms. The van der Waals surface area contributed by atoms with Crippen molar-refractivity contribution in [2.75, 3.05) is 7.11 Å². The molecule has 2 atom stereocenters. The van der Waals surface area contributed by atoms with E-state index in [1.165, 1.54) is 4.68 Å². The Morgan fingerprint density at radius 3 is 2.62 bits per heavy atom. The lowest BCUT2D eigenvalue weighted by Gasteiger charge is -2.12. The van der Waals surface area contributed by atoms with Gasteiger partial charge in [-0.15, -0.1) is 5.10 Å². The van der Waals surface area contributed by atoms with Crippen molar-refractivity contribution < 1.29 is 13.9 Å². The lowest BCUT2D eigenvalue weighted by molar-refractivity contribution is 0.248. The summed E-state index contributed by atoms with van der Waals surface area (Å²) in [6.07, 6.45) is -1.10. The van der Waals surface area contributed by atoms with Gasteiger partial charge in [0, 0.05) is 10.9 Å². The van der Waals surface area contributed by atoms with Crippen molar-refractivity contribution in [3.63, 3.8) is 0 Å². The van der Waals surface area contributed by atoms with E-state index in [2.05, 4.69) is 21.0 Å². The SMILES string of the molecule is COc1ccc(Cn2nc(O[C@H]3C[C@@H]3F)c3cc(Br)ccc3c2=O)cc1. The first kappa shape index (κ1) is 17.0. The molecule has 0 amide bonds. The molecule has 1 aromatic heterocycles. The number of hydrogen-bond acceptors (Lipinski definition) is 4.